The lowest BCUT2D eigenvalue weighted by Crippen LogP contribution is -1.99. The zero-order chi connectivity index (χ0) is 11.4. The first-order valence-electron chi connectivity index (χ1n) is 5.02. The third-order valence-electron chi connectivity index (χ3n) is 2.39. The fourth-order valence-electron chi connectivity index (χ4n) is 1.56. The monoisotopic (exact) mass is 212 g/mol. The Morgan fingerprint density at radius 1 is 1.38 bits per heavy atom. The predicted octanol–water partition coefficient (Wildman–Crippen LogP) is 1.26. The van der Waals surface area contributed by atoms with Crippen LogP contribution in [0.5, 0.6) is 0 Å². The molecular weight excluding hydrogens is 200 g/mol. The van der Waals surface area contributed by atoms with Crippen LogP contribution in [0.3, 0.4) is 0 Å². The first-order valence-corrected chi connectivity index (χ1v) is 5.02. The van der Waals surface area contributed by atoms with Crippen molar-refractivity contribution in [3.05, 3.63) is 53.6 Å². The van der Waals surface area contributed by atoms with Crippen LogP contribution in [0, 0.1) is 11.3 Å². The maximum Gasteiger partial charge on any atom is 0.0995 e. The van der Waals surface area contributed by atoms with Crippen LogP contribution in [0.1, 0.15) is 16.8 Å². The number of aromatic nitrogens is 2. The Labute approximate surface area is 94.0 Å². The van der Waals surface area contributed by atoms with Crippen LogP contribution in [0.15, 0.2) is 36.8 Å². The fourth-order valence-corrected chi connectivity index (χ4v) is 1.56. The molecule has 0 aliphatic heterocycles. The molecule has 4 nitrogen and oxygen atoms in total. The molecule has 2 N–H and O–H groups in total. The second kappa shape index (κ2) is 4.60. The summed E-state index contributed by atoms with van der Waals surface area (Å²) in [5, 5.41) is 8.95. The van der Waals surface area contributed by atoms with Crippen molar-refractivity contribution in [2.45, 2.75) is 13.1 Å². The lowest BCUT2D eigenvalue weighted by atomic mass is 10.1. The first-order chi connectivity index (χ1) is 7.83. The average Bonchev–Trinajstić information content (AvgIpc) is 2.77. The lowest BCUT2D eigenvalue weighted by Gasteiger charge is -2.03. The van der Waals surface area contributed by atoms with E-state index in [0.29, 0.717) is 18.7 Å². The highest BCUT2D eigenvalue weighted by Crippen LogP contribution is 2.09. The normalized spacial score (nSPS) is 10.0. The minimum absolute atomic E-state index is 0.437. The van der Waals surface area contributed by atoms with Gasteiger partial charge >= 0.3 is 0 Å². The number of nitrogens with zero attached hydrogens (tertiary/aromatic N) is 3. The fraction of sp³-hybridized carbons (Fsp3) is 0.167. The SMILES string of the molecule is N#Cc1ccccc1Cn1cnc(CN)c1. The molecule has 0 spiro atoms. The summed E-state index contributed by atoms with van der Waals surface area (Å²) < 4.78 is 1.93. The largest absolute Gasteiger partial charge is 0.333 e. The molecule has 0 saturated heterocycles. The maximum atomic E-state index is 8.95. The summed E-state index contributed by atoms with van der Waals surface area (Å²) >= 11 is 0. The van der Waals surface area contributed by atoms with Gasteiger partial charge in [0.1, 0.15) is 0 Å². The van der Waals surface area contributed by atoms with Gasteiger partial charge in [-0.3, -0.25) is 0 Å². The van der Waals surface area contributed by atoms with E-state index in [9.17, 15) is 0 Å². The van der Waals surface area contributed by atoms with E-state index in [1.54, 1.807) is 6.33 Å². The quantitative estimate of drug-likeness (QED) is 0.832. The number of hydrogen-bond donors (Lipinski definition) is 1. The Balaban J connectivity index is 2.24. The van der Waals surface area contributed by atoms with Crippen molar-refractivity contribution in [1.82, 2.24) is 9.55 Å². The molecule has 0 atom stereocenters. The molecule has 0 amide bonds. The highest BCUT2D eigenvalue weighted by molar-refractivity contribution is 5.37. The number of benzene rings is 1. The van der Waals surface area contributed by atoms with E-state index in [0.717, 1.165) is 11.3 Å². The molecule has 2 rings (SSSR count). The molecule has 16 heavy (non-hydrogen) atoms. The second-order valence-corrected chi connectivity index (χ2v) is 3.51. The smallest absolute Gasteiger partial charge is 0.0995 e. The summed E-state index contributed by atoms with van der Waals surface area (Å²) in [6.45, 7) is 1.09. The van der Waals surface area contributed by atoms with E-state index in [-0.39, 0.29) is 0 Å². The molecule has 1 aromatic carbocycles. The van der Waals surface area contributed by atoms with E-state index >= 15 is 0 Å². The summed E-state index contributed by atoms with van der Waals surface area (Å²) in [6, 6.07) is 9.73. The van der Waals surface area contributed by atoms with Gasteiger partial charge in [0, 0.05) is 19.3 Å². The van der Waals surface area contributed by atoms with Gasteiger partial charge in [-0.15, -0.1) is 0 Å². The van der Waals surface area contributed by atoms with Crippen LogP contribution in [-0.4, -0.2) is 9.55 Å². The van der Waals surface area contributed by atoms with Gasteiger partial charge in [-0.1, -0.05) is 18.2 Å². The predicted molar refractivity (Wildman–Crippen MR) is 60.4 cm³/mol. The van der Waals surface area contributed by atoms with E-state index in [4.69, 9.17) is 11.0 Å². The van der Waals surface area contributed by atoms with E-state index in [1.165, 1.54) is 0 Å². The molecule has 1 aromatic heterocycles. The zero-order valence-corrected chi connectivity index (χ0v) is 8.80. The van der Waals surface area contributed by atoms with Gasteiger partial charge in [0.2, 0.25) is 0 Å². The Bertz CT molecular complexity index is 522. The van der Waals surface area contributed by atoms with Crippen molar-refractivity contribution >= 4 is 0 Å². The van der Waals surface area contributed by atoms with Crippen molar-refractivity contribution in [3.63, 3.8) is 0 Å². The van der Waals surface area contributed by atoms with Crippen LogP contribution >= 0.6 is 0 Å². The average molecular weight is 212 g/mol. The number of imidazole rings is 1. The molecule has 80 valence electrons. The Kier molecular flexibility index (Phi) is 2.99. The molecule has 1 heterocycles. The van der Waals surface area contributed by atoms with Gasteiger partial charge in [0.05, 0.1) is 23.7 Å². The van der Waals surface area contributed by atoms with Gasteiger partial charge < -0.3 is 10.3 Å². The molecular formula is C12H12N4. The Morgan fingerprint density at radius 2 is 2.19 bits per heavy atom. The topological polar surface area (TPSA) is 67.6 Å². The van der Waals surface area contributed by atoms with Crippen LogP contribution < -0.4 is 5.73 Å². The van der Waals surface area contributed by atoms with Crippen LogP contribution in [0.4, 0.5) is 0 Å². The highest BCUT2D eigenvalue weighted by atomic mass is 15.0. The van der Waals surface area contributed by atoms with Crippen molar-refractivity contribution in [1.29, 1.82) is 5.26 Å². The molecule has 0 aliphatic rings. The van der Waals surface area contributed by atoms with Crippen LogP contribution in [-0.2, 0) is 13.1 Å². The molecule has 4 heteroatoms. The number of nitrogens with two attached hydrogens (primary N) is 1. The van der Waals surface area contributed by atoms with Gasteiger partial charge in [0.15, 0.2) is 0 Å². The summed E-state index contributed by atoms with van der Waals surface area (Å²) in [5.74, 6) is 0. The number of nitriles is 1. The molecule has 0 fully saturated rings. The third-order valence-corrected chi connectivity index (χ3v) is 2.39. The highest BCUT2D eigenvalue weighted by Gasteiger charge is 2.02. The first kappa shape index (κ1) is 10.4. The van der Waals surface area contributed by atoms with E-state index < -0.39 is 0 Å². The van der Waals surface area contributed by atoms with Gasteiger partial charge in [0.25, 0.3) is 0 Å². The summed E-state index contributed by atoms with van der Waals surface area (Å²) in [6.07, 6.45) is 3.63. The van der Waals surface area contributed by atoms with Gasteiger partial charge in [-0.05, 0) is 11.6 Å². The number of rotatable bonds is 3. The zero-order valence-electron chi connectivity index (χ0n) is 8.80. The van der Waals surface area contributed by atoms with E-state index in [1.807, 2.05) is 35.0 Å². The van der Waals surface area contributed by atoms with Crippen molar-refractivity contribution in [2.75, 3.05) is 0 Å². The minimum atomic E-state index is 0.437. The van der Waals surface area contributed by atoms with Crippen molar-refractivity contribution in [2.24, 2.45) is 5.73 Å². The van der Waals surface area contributed by atoms with Gasteiger partial charge in [-0.2, -0.15) is 5.26 Å². The summed E-state index contributed by atoms with van der Waals surface area (Å²) in [7, 11) is 0. The molecule has 0 unspecified atom stereocenters. The second-order valence-electron chi connectivity index (χ2n) is 3.51. The molecule has 0 bridgehead atoms. The minimum Gasteiger partial charge on any atom is -0.333 e. The standard InChI is InChI=1S/C12H12N4/c13-5-10-3-1-2-4-11(10)7-16-8-12(6-14)15-9-16/h1-4,8-9H,6-7,14H2. The molecule has 0 saturated carbocycles. The van der Waals surface area contributed by atoms with Crippen molar-refractivity contribution in [3.8, 4) is 6.07 Å². The molecule has 0 radical (unpaired) electrons. The summed E-state index contributed by atoms with van der Waals surface area (Å²) in [4.78, 5) is 4.14. The van der Waals surface area contributed by atoms with Crippen LogP contribution in [0.25, 0.3) is 0 Å². The van der Waals surface area contributed by atoms with E-state index in [2.05, 4.69) is 11.1 Å². The third kappa shape index (κ3) is 2.10. The molecule has 0 aliphatic carbocycles. The summed E-state index contributed by atoms with van der Waals surface area (Å²) in [5.41, 5.74) is 8.03. The maximum absolute atomic E-state index is 8.95. The van der Waals surface area contributed by atoms with Crippen molar-refractivity contribution < 1.29 is 0 Å². The number of hydrogen-bond acceptors (Lipinski definition) is 3. The Hall–Kier alpha value is -2.12. The molecule has 2 aromatic rings. The van der Waals surface area contributed by atoms with Gasteiger partial charge in [-0.25, -0.2) is 4.98 Å². The lowest BCUT2D eigenvalue weighted by molar-refractivity contribution is 0.794. The van der Waals surface area contributed by atoms with Crippen LogP contribution in [0.2, 0.25) is 0 Å². The Morgan fingerprint density at radius 3 is 2.88 bits per heavy atom.